The highest BCUT2D eigenvalue weighted by Crippen LogP contribution is 2.31. The first kappa shape index (κ1) is 16.3. The summed E-state index contributed by atoms with van der Waals surface area (Å²) in [6.07, 6.45) is 9.20. The fourth-order valence-electron chi connectivity index (χ4n) is 3.46. The second kappa shape index (κ2) is 6.25. The summed E-state index contributed by atoms with van der Waals surface area (Å²) in [6, 6.07) is 3.71. The molecule has 0 unspecified atom stereocenters. The average Bonchev–Trinajstić information content (AvgIpc) is 2.99. The van der Waals surface area contributed by atoms with E-state index >= 15 is 0 Å². The van der Waals surface area contributed by atoms with Crippen molar-refractivity contribution in [3.8, 4) is 22.3 Å². The standard InChI is InChI=1S/C19H20N6O/c1-12-17(11-24(2)23-12)16-7-14(8-21-9-16)15-6-13-4-3-5-25(19(20)26)18(13)22-10-15/h6-11H,3-5H2,1-2H3,(H2,20,26). The summed E-state index contributed by atoms with van der Waals surface area (Å²) in [7, 11) is 1.91. The number of aromatic nitrogens is 4. The number of carbonyl (C=O) groups excluding carboxylic acids is 1. The van der Waals surface area contributed by atoms with Crippen LogP contribution < -0.4 is 10.6 Å². The highest BCUT2D eigenvalue weighted by Gasteiger charge is 2.22. The van der Waals surface area contributed by atoms with Crippen LogP contribution in [-0.4, -0.2) is 32.3 Å². The van der Waals surface area contributed by atoms with Crippen LogP contribution >= 0.6 is 0 Å². The molecule has 0 saturated carbocycles. The Bertz CT molecular complexity index is 993. The average molecular weight is 348 g/mol. The minimum absolute atomic E-state index is 0.457. The molecule has 4 rings (SSSR count). The molecule has 0 saturated heterocycles. The smallest absolute Gasteiger partial charge is 0.320 e. The molecule has 7 heteroatoms. The Balaban J connectivity index is 1.74. The zero-order chi connectivity index (χ0) is 18.3. The Kier molecular flexibility index (Phi) is 3.91. The number of hydrogen-bond donors (Lipinski definition) is 1. The molecule has 4 heterocycles. The highest BCUT2D eigenvalue weighted by molar-refractivity contribution is 5.91. The molecule has 7 nitrogen and oxygen atoms in total. The van der Waals surface area contributed by atoms with E-state index in [4.69, 9.17) is 5.73 Å². The number of nitrogens with zero attached hydrogens (tertiary/aromatic N) is 5. The van der Waals surface area contributed by atoms with Crippen LogP contribution in [0.25, 0.3) is 22.3 Å². The molecule has 2 amide bonds. The largest absolute Gasteiger partial charge is 0.351 e. The zero-order valence-corrected chi connectivity index (χ0v) is 14.8. The SMILES string of the molecule is Cc1nn(C)cc1-c1cncc(-c2cnc3c(c2)CCCN3C(N)=O)c1. The van der Waals surface area contributed by atoms with Crippen LogP contribution in [-0.2, 0) is 13.5 Å². The van der Waals surface area contributed by atoms with Gasteiger partial charge in [-0.25, -0.2) is 9.78 Å². The monoisotopic (exact) mass is 348 g/mol. The number of aryl methyl sites for hydroxylation is 3. The van der Waals surface area contributed by atoms with Crippen molar-refractivity contribution in [1.82, 2.24) is 19.7 Å². The number of urea groups is 1. The van der Waals surface area contributed by atoms with Gasteiger partial charge < -0.3 is 5.73 Å². The Morgan fingerprint density at radius 3 is 2.65 bits per heavy atom. The molecule has 3 aromatic heterocycles. The third kappa shape index (κ3) is 2.81. The summed E-state index contributed by atoms with van der Waals surface area (Å²) in [5.41, 5.74) is 11.5. The molecule has 26 heavy (non-hydrogen) atoms. The zero-order valence-electron chi connectivity index (χ0n) is 14.8. The van der Waals surface area contributed by atoms with Crippen LogP contribution in [0.15, 0.2) is 36.9 Å². The molecule has 2 N–H and O–H groups in total. The van der Waals surface area contributed by atoms with Gasteiger partial charge >= 0.3 is 6.03 Å². The molecule has 1 aliphatic rings. The van der Waals surface area contributed by atoms with Crippen molar-refractivity contribution in [2.45, 2.75) is 19.8 Å². The van der Waals surface area contributed by atoms with Crippen molar-refractivity contribution in [2.24, 2.45) is 12.8 Å². The molecule has 0 aromatic carbocycles. The Hall–Kier alpha value is -3.22. The van der Waals surface area contributed by atoms with Crippen molar-refractivity contribution in [3.05, 3.63) is 48.2 Å². The van der Waals surface area contributed by atoms with Crippen molar-refractivity contribution in [3.63, 3.8) is 0 Å². The fourth-order valence-corrected chi connectivity index (χ4v) is 3.46. The van der Waals surface area contributed by atoms with Gasteiger partial charge in [-0.1, -0.05) is 0 Å². The lowest BCUT2D eigenvalue weighted by Gasteiger charge is -2.26. The van der Waals surface area contributed by atoms with E-state index in [0.717, 1.165) is 46.4 Å². The van der Waals surface area contributed by atoms with Crippen LogP contribution in [0.2, 0.25) is 0 Å². The summed E-state index contributed by atoms with van der Waals surface area (Å²) in [6.45, 7) is 2.60. The van der Waals surface area contributed by atoms with Crippen molar-refractivity contribution < 1.29 is 4.79 Å². The molecule has 0 aliphatic carbocycles. The number of fused-ring (bicyclic) bond motifs is 1. The molecule has 3 aromatic rings. The van der Waals surface area contributed by atoms with E-state index in [1.165, 1.54) is 4.90 Å². The van der Waals surface area contributed by atoms with Crippen LogP contribution in [0.1, 0.15) is 17.7 Å². The third-order valence-corrected chi connectivity index (χ3v) is 4.69. The first-order chi connectivity index (χ1) is 12.5. The summed E-state index contributed by atoms with van der Waals surface area (Å²) >= 11 is 0. The van der Waals surface area contributed by atoms with Gasteiger partial charge in [0.15, 0.2) is 0 Å². The lowest BCUT2D eigenvalue weighted by molar-refractivity contribution is 0.253. The topological polar surface area (TPSA) is 89.9 Å². The van der Waals surface area contributed by atoms with Crippen molar-refractivity contribution in [1.29, 1.82) is 0 Å². The van der Waals surface area contributed by atoms with Crippen LogP contribution in [0.4, 0.5) is 10.6 Å². The minimum atomic E-state index is -0.457. The van der Waals surface area contributed by atoms with Gasteiger partial charge in [-0.2, -0.15) is 5.10 Å². The lowest BCUT2D eigenvalue weighted by Crippen LogP contribution is -2.40. The number of carbonyl (C=O) groups is 1. The quantitative estimate of drug-likeness (QED) is 0.771. The molecular formula is C19H20N6O. The summed E-state index contributed by atoms with van der Waals surface area (Å²) in [4.78, 5) is 22.0. The first-order valence-corrected chi connectivity index (χ1v) is 8.55. The summed E-state index contributed by atoms with van der Waals surface area (Å²) in [5, 5.41) is 4.40. The lowest BCUT2D eigenvalue weighted by atomic mass is 9.99. The van der Waals surface area contributed by atoms with E-state index in [1.54, 1.807) is 10.9 Å². The van der Waals surface area contributed by atoms with E-state index in [1.807, 2.05) is 32.6 Å². The second-order valence-electron chi connectivity index (χ2n) is 6.56. The van der Waals surface area contributed by atoms with Crippen LogP contribution in [0, 0.1) is 6.92 Å². The van der Waals surface area contributed by atoms with Gasteiger partial charge in [-0.15, -0.1) is 0 Å². The number of primary amides is 1. The van der Waals surface area contributed by atoms with Gasteiger partial charge in [0.1, 0.15) is 5.82 Å². The van der Waals surface area contributed by atoms with Gasteiger partial charge in [0.25, 0.3) is 0 Å². The van der Waals surface area contributed by atoms with E-state index in [0.29, 0.717) is 12.4 Å². The predicted octanol–water partition coefficient (Wildman–Crippen LogP) is 2.68. The second-order valence-corrected chi connectivity index (χ2v) is 6.56. The number of rotatable bonds is 2. The maximum atomic E-state index is 11.6. The van der Waals surface area contributed by atoms with Crippen molar-refractivity contribution in [2.75, 3.05) is 11.4 Å². The number of pyridine rings is 2. The van der Waals surface area contributed by atoms with Crippen LogP contribution in [0.5, 0.6) is 0 Å². The molecule has 0 fully saturated rings. The molecule has 0 spiro atoms. The van der Waals surface area contributed by atoms with E-state index in [-0.39, 0.29) is 0 Å². The number of hydrogen-bond acceptors (Lipinski definition) is 4. The van der Waals surface area contributed by atoms with Gasteiger partial charge in [-0.05, 0) is 37.5 Å². The molecule has 0 atom stereocenters. The maximum Gasteiger partial charge on any atom is 0.320 e. The van der Waals surface area contributed by atoms with Gasteiger partial charge in [0.2, 0.25) is 0 Å². The van der Waals surface area contributed by atoms with Crippen molar-refractivity contribution >= 4 is 11.8 Å². The third-order valence-electron chi connectivity index (χ3n) is 4.69. The van der Waals surface area contributed by atoms with Gasteiger partial charge in [-0.3, -0.25) is 14.6 Å². The molecular weight excluding hydrogens is 328 g/mol. The van der Waals surface area contributed by atoms with Gasteiger partial charge in [0.05, 0.1) is 5.69 Å². The van der Waals surface area contributed by atoms with E-state index < -0.39 is 6.03 Å². The normalized spacial score (nSPS) is 13.5. The van der Waals surface area contributed by atoms with Gasteiger partial charge in [0, 0.05) is 60.6 Å². The molecule has 132 valence electrons. The molecule has 0 radical (unpaired) electrons. The summed E-state index contributed by atoms with van der Waals surface area (Å²) < 4.78 is 1.80. The maximum absolute atomic E-state index is 11.6. The van der Waals surface area contributed by atoms with E-state index in [2.05, 4.69) is 27.2 Å². The molecule has 0 bridgehead atoms. The number of amides is 2. The van der Waals surface area contributed by atoms with Crippen LogP contribution in [0.3, 0.4) is 0 Å². The number of nitrogens with two attached hydrogens (primary N) is 1. The Labute approximate surface area is 151 Å². The van der Waals surface area contributed by atoms with E-state index in [9.17, 15) is 4.79 Å². The predicted molar refractivity (Wildman–Crippen MR) is 99.7 cm³/mol. The summed E-state index contributed by atoms with van der Waals surface area (Å²) in [5.74, 6) is 0.666. The Morgan fingerprint density at radius 2 is 1.92 bits per heavy atom. The fraction of sp³-hybridized carbons (Fsp3) is 0.263. The molecule has 1 aliphatic heterocycles. The first-order valence-electron chi connectivity index (χ1n) is 8.55. The highest BCUT2D eigenvalue weighted by atomic mass is 16.2. The number of anilines is 1. The minimum Gasteiger partial charge on any atom is -0.351 e. The Morgan fingerprint density at radius 1 is 1.15 bits per heavy atom.